The molecule has 1 heterocycles. The van der Waals surface area contributed by atoms with Crippen molar-refractivity contribution in [3.8, 4) is 11.5 Å². The van der Waals surface area contributed by atoms with Gasteiger partial charge in [-0.05, 0) is 36.6 Å². The SMILES string of the molecule is COc1ccc(CCN2CC(C(=O)O)CC2=O)cc1OCc1cccc(C)c1. The number of carboxylic acid groups (broad SMARTS) is 1. The van der Waals surface area contributed by atoms with Gasteiger partial charge in [0.25, 0.3) is 0 Å². The molecule has 6 nitrogen and oxygen atoms in total. The minimum Gasteiger partial charge on any atom is -0.493 e. The van der Waals surface area contributed by atoms with E-state index in [2.05, 4.69) is 6.07 Å². The lowest BCUT2D eigenvalue weighted by molar-refractivity contribution is -0.141. The first-order valence-corrected chi connectivity index (χ1v) is 9.32. The van der Waals surface area contributed by atoms with E-state index in [4.69, 9.17) is 14.6 Å². The topological polar surface area (TPSA) is 76.1 Å². The normalized spacial score (nSPS) is 16.3. The average molecular weight is 383 g/mol. The first-order chi connectivity index (χ1) is 13.5. The van der Waals surface area contributed by atoms with Crippen LogP contribution in [0, 0.1) is 12.8 Å². The molecule has 1 N–H and O–H groups in total. The molecule has 6 heteroatoms. The fourth-order valence-corrected chi connectivity index (χ4v) is 3.37. The van der Waals surface area contributed by atoms with Crippen LogP contribution in [0.1, 0.15) is 23.1 Å². The third-order valence-corrected chi connectivity index (χ3v) is 4.94. The number of carbonyl (C=O) groups excluding carboxylic acids is 1. The molecule has 1 amide bonds. The van der Waals surface area contributed by atoms with Crippen LogP contribution in [0.15, 0.2) is 42.5 Å². The van der Waals surface area contributed by atoms with Gasteiger partial charge in [0.1, 0.15) is 6.61 Å². The predicted molar refractivity (Wildman–Crippen MR) is 105 cm³/mol. The van der Waals surface area contributed by atoms with Gasteiger partial charge in [0.2, 0.25) is 5.91 Å². The number of rotatable bonds is 8. The number of methoxy groups -OCH3 is 1. The molecular weight excluding hydrogens is 358 g/mol. The Kier molecular flexibility index (Phi) is 6.19. The number of benzene rings is 2. The van der Waals surface area contributed by atoms with Crippen molar-refractivity contribution in [1.29, 1.82) is 0 Å². The highest BCUT2D eigenvalue weighted by molar-refractivity contribution is 5.86. The van der Waals surface area contributed by atoms with E-state index in [1.807, 2.05) is 43.3 Å². The van der Waals surface area contributed by atoms with Gasteiger partial charge in [0.05, 0.1) is 13.0 Å². The fraction of sp³-hybridized carbons (Fsp3) is 0.364. The van der Waals surface area contributed by atoms with E-state index in [-0.39, 0.29) is 18.9 Å². The lowest BCUT2D eigenvalue weighted by Gasteiger charge is -2.17. The van der Waals surface area contributed by atoms with Crippen LogP contribution >= 0.6 is 0 Å². The van der Waals surface area contributed by atoms with E-state index in [9.17, 15) is 9.59 Å². The molecule has 28 heavy (non-hydrogen) atoms. The Hall–Kier alpha value is -3.02. The Morgan fingerprint density at radius 2 is 2.00 bits per heavy atom. The van der Waals surface area contributed by atoms with E-state index in [0.717, 1.165) is 11.1 Å². The second-order valence-corrected chi connectivity index (χ2v) is 7.09. The molecule has 2 aromatic rings. The summed E-state index contributed by atoms with van der Waals surface area (Å²) in [4.78, 5) is 24.7. The monoisotopic (exact) mass is 383 g/mol. The molecule has 0 radical (unpaired) electrons. The van der Waals surface area contributed by atoms with Gasteiger partial charge in [-0.1, -0.05) is 35.9 Å². The second-order valence-electron chi connectivity index (χ2n) is 7.09. The predicted octanol–water partition coefficient (Wildman–Crippen LogP) is 3.06. The number of likely N-dealkylation sites (tertiary alicyclic amines) is 1. The van der Waals surface area contributed by atoms with E-state index < -0.39 is 11.9 Å². The summed E-state index contributed by atoms with van der Waals surface area (Å²) in [6.07, 6.45) is 0.714. The summed E-state index contributed by atoms with van der Waals surface area (Å²) < 4.78 is 11.4. The molecule has 0 bridgehead atoms. The van der Waals surface area contributed by atoms with E-state index in [0.29, 0.717) is 31.1 Å². The van der Waals surface area contributed by atoms with Gasteiger partial charge in [0, 0.05) is 19.5 Å². The summed E-state index contributed by atoms with van der Waals surface area (Å²) in [6, 6.07) is 13.8. The van der Waals surface area contributed by atoms with Crippen LogP contribution in [0.4, 0.5) is 0 Å². The summed E-state index contributed by atoms with van der Waals surface area (Å²) in [7, 11) is 1.60. The number of carboxylic acids is 1. The van der Waals surface area contributed by atoms with Crippen molar-refractivity contribution in [1.82, 2.24) is 4.90 Å². The molecule has 2 aromatic carbocycles. The number of aryl methyl sites for hydroxylation is 1. The Morgan fingerprint density at radius 3 is 2.68 bits per heavy atom. The quantitative estimate of drug-likeness (QED) is 0.758. The molecule has 1 fully saturated rings. The molecule has 1 saturated heterocycles. The Balaban J connectivity index is 1.63. The Bertz CT molecular complexity index is 864. The highest BCUT2D eigenvalue weighted by Crippen LogP contribution is 2.29. The van der Waals surface area contributed by atoms with Gasteiger partial charge in [-0.25, -0.2) is 0 Å². The number of nitrogens with zero attached hydrogens (tertiary/aromatic N) is 1. The largest absolute Gasteiger partial charge is 0.493 e. The highest BCUT2D eigenvalue weighted by Gasteiger charge is 2.33. The zero-order valence-corrected chi connectivity index (χ0v) is 16.2. The maximum atomic E-state index is 12.0. The molecular formula is C22H25NO5. The Labute approximate surface area is 164 Å². The van der Waals surface area contributed by atoms with Crippen molar-refractivity contribution in [2.45, 2.75) is 26.4 Å². The van der Waals surface area contributed by atoms with Gasteiger partial charge in [-0.2, -0.15) is 0 Å². The molecule has 0 aliphatic carbocycles. The zero-order valence-electron chi connectivity index (χ0n) is 16.2. The molecule has 0 spiro atoms. The van der Waals surface area contributed by atoms with Crippen LogP contribution in [0.2, 0.25) is 0 Å². The van der Waals surface area contributed by atoms with Crippen LogP contribution < -0.4 is 9.47 Å². The molecule has 0 aromatic heterocycles. The first-order valence-electron chi connectivity index (χ1n) is 9.32. The summed E-state index contributed by atoms with van der Waals surface area (Å²) in [5, 5.41) is 9.09. The number of aliphatic carboxylic acids is 1. The van der Waals surface area contributed by atoms with Crippen LogP contribution in [0.3, 0.4) is 0 Å². The molecule has 148 valence electrons. The van der Waals surface area contributed by atoms with Crippen LogP contribution in [0.25, 0.3) is 0 Å². The lowest BCUT2D eigenvalue weighted by Crippen LogP contribution is -2.28. The van der Waals surface area contributed by atoms with Crippen molar-refractivity contribution in [3.63, 3.8) is 0 Å². The highest BCUT2D eigenvalue weighted by atomic mass is 16.5. The fourth-order valence-electron chi connectivity index (χ4n) is 3.37. The van der Waals surface area contributed by atoms with E-state index >= 15 is 0 Å². The van der Waals surface area contributed by atoms with Gasteiger partial charge in [-0.3, -0.25) is 9.59 Å². The molecule has 1 aliphatic rings. The maximum absolute atomic E-state index is 12.0. The van der Waals surface area contributed by atoms with E-state index in [1.54, 1.807) is 12.0 Å². The average Bonchev–Trinajstić information content (AvgIpc) is 3.06. The summed E-state index contributed by atoms with van der Waals surface area (Å²) in [5.74, 6) is -0.308. The molecule has 1 aliphatic heterocycles. The first kappa shape index (κ1) is 19.7. The lowest BCUT2D eigenvalue weighted by atomic mass is 10.1. The van der Waals surface area contributed by atoms with Crippen molar-refractivity contribution in [3.05, 3.63) is 59.2 Å². The number of ether oxygens (including phenoxy) is 2. The number of hydrogen-bond acceptors (Lipinski definition) is 4. The number of amides is 1. The summed E-state index contributed by atoms with van der Waals surface area (Å²) in [5.41, 5.74) is 3.26. The molecule has 0 saturated carbocycles. The van der Waals surface area contributed by atoms with Gasteiger partial charge in [0.15, 0.2) is 11.5 Å². The standard InChI is InChI=1S/C22H25NO5/c1-15-4-3-5-17(10-15)14-28-20-11-16(6-7-19(20)27-2)8-9-23-13-18(22(25)26)12-21(23)24/h3-7,10-11,18H,8-9,12-14H2,1-2H3,(H,25,26). The van der Waals surface area contributed by atoms with Crippen molar-refractivity contribution in [2.75, 3.05) is 20.2 Å². The number of hydrogen-bond donors (Lipinski definition) is 1. The van der Waals surface area contributed by atoms with Gasteiger partial charge >= 0.3 is 5.97 Å². The zero-order chi connectivity index (χ0) is 20.1. The number of carbonyl (C=O) groups is 2. The molecule has 3 rings (SSSR count). The van der Waals surface area contributed by atoms with Crippen LogP contribution in [-0.2, 0) is 22.6 Å². The molecule has 1 unspecified atom stereocenters. The van der Waals surface area contributed by atoms with Crippen molar-refractivity contribution < 1.29 is 24.2 Å². The summed E-state index contributed by atoms with van der Waals surface area (Å²) >= 11 is 0. The smallest absolute Gasteiger partial charge is 0.308 e. The van der Waals surface area contributed by atoms with E-state index in [1.165, 1.54) is 5.56 Å². The molecule has 1 atom stereocenters. The third-order valence-electron chi connectivity index (χ3n) is 4.94. The van der Waals surface area contributed by atoms with Gasteiger partial charge in [-0.15, -0.1) is 0 Å². The van der Waals surface area contributed by atoms with Crippen molar-refractivity contribution >= 4 is 11.9 Å². The minimum atomic E-state index is -0.910. The minimum absolute atomic E-state index is 0.0861. The Morgan fingerprint density at radius 1 is 1.18 bits per heavy atom. The van der Waals surface area contributed by atoms with Crippen LogP contribution in [0.5, 0.6) is 11.5 Å². The van der Waals surface area contributed by atoms with Gasteiger partial charge < -0.3 is 19.5 Å². The van der Waals surface area contributed by atoms with Crippen molar-refractivity contribution in [2.24, 2.45) is 5.92 Å². The summed E-state index contributed by atoms with van der Waals surface area (Å²) in [6.45, 7) is 3.25. The third kappa shape index (κ3) is 4.82. The second kappa shape index (κ2) is 8.78. The van der Waals surface area contributed by atoms with Crippen LogP contribution in [-0.4, -0.2) is 42.1 Å². The maximum Gasteiger partial charge on any atom is 0.308 e.